The Morgan fingerprint density at radius 2 is 1.94 bits per heavy atom. The van der Waals surface area contributed by atoms with Crippen LogP contribution in [0.2, 0.25) is 5.02 Å². The Labute approximate surface area is 201 Å². The molecular formula is C25H24ClN3O3S. The molecule has 6 nitrogen and oxygen atoms in total. The number of ether oxygens (including phenoxy) is 1. The molecule has 170 valence electrons. The molecule has 1 amide bonds. The number of aliphatic hydroxyl groups is 1. The molecule has 0 aliphatic rings. The minimum absolute atomic E-state index is 0.0238. The van der Waals surface area contributed by atoms with Crippen LogP contribution in [-0.2, 0) is 4.79 Å². The van der Waals surface area contributed by atoms with Crippen molar-refractivity contribution in [1.29, 1.82) is 0 Å². The molecule has 8 heteroatoms. The van der Waals surface area contributed by atoms with Gasteiger partial charge in [0.1, 0.15) is 10.8 Å². The summed E-state index contributed by atoms with van der Waals surface area (Å²) in [5.74, 6) is 0.333. The van der Waals surface area contributed by atoms with E-state index in [1.807, 2.05) is 30.3 Å². The molecule has 1 aromatic heterocycles. The summed E-state index contributed by atoms with van der Waals surface area (Å²) in [6.07, 6.45) is 0. The Morgan fingerprint density at radius 1 is 1.15 bits per heavy atom. The van der Waals surface area contributed by atoms with Crippen molar-refractivity contribution in [3.05, 3.63) is 76.8 Å². The number of carbonyl (C=O) groups is 1. The second kappa shape index (κ2) is 10.3. The fraction of sp³-hybridized carbons (Fsp3) is 0.200. The highest BCUT2D eigenvalue weighted by molar-refractivity contribution is 7.21. The average Bonchev–Trinajstić information content (AvgIpc) is 3.23. The van der Waals surface area contributed by atoms with E-state index >= 15 is 0 Å². The van der Waals surface area contributed by atoms with E-state index in [2.05, 4.69) is 29.7 Å². The number of benzene rings is 3. The zero-order valence-corrected chi connectivity index (χ0v) is 19.8. The first kappa shape index (κ1) is 23.2. The standard InChI is InChI=1S/C25H24ClN3O3S/c1-15-3-10-20-23(11-15)33-25(29-20)16-4-7-18(8-5-16)28-24(31)13-27-21(14-30)19-9-6-17(26)12-22(19)32-2/h3-12,21,27,30H,13-14H2,1-2H3,(H,28,31). The van der Waals surface area contributed by atoms with E-state index in [9.17, 15) is 9.90 Å². The van der Waals surface area contributed by atoms with Crippen molar-refractivity contribution in [1.82, 2.24) is 10.3 Å². The van der Waals surface area contributed by atoms with Crippen LogP contribution in [0.25, 0.3) is 20.8 Å². The Balaban J connectivity index is 1.38. The number of nitrogens with one attached hydrogen (secondary N) is 2. The van der Waals surface area contributed by atoms with Gasteiger partial charge in [-0.2, -0.15) is 0 Å². The Bertz CT molecular complexity index is 1270. The second-order valence-corrected chi connectivity index (χ2v) is 9.09. The van der Waals surface area contributed by atoms with Crippen molar-refractivity contribution in [3.8, 4) is 16.3 Å². The van der Waals surface area contributed by atoms with Gasteiger partial charge in [0.05, 0.1) is 36.5 Å². The first-order valence-corrected chi connectivity index (χ1v) is 11.6. The summed E-state index contributed by atoms with van der Waals surface area (Å²) in [6.45, 7) is 1.90. The quantitative estimate of drug-likeness (QED) is 0.322. The third-order valence-corrected chi connectivity index (χ3v) is 6.52. The number of methoxy groups -OCH3 is 1. The SMILES string of the molecule is COc1cc(Cl)ccc1C(CO)NCC(=O)Nc1ccc(-c2nc3ccc(C)cc3s2)cc1. The number of hydrogen-bond acceptors (Lipinski definition) is 6. The number of rotatable bonds is 8. The van der Waals surface area contributed by atoms with Crippen LogP contribution in [-0.4, -0.2) is 36.3 Å². The van der Waals surface area contributed by atoms with Gasteiger partial charge in [0.25, 0.3) is 0 Å². The highest BCUT2D eigenvalue weighted by Gasteiger charge is 2.17. The molecule has 0 radical (unpaired) electrons. The zero-order chi connectivity index (χ0) is 23.4. The third-order valence-electron chi connectivity index (χ3n) is 5.22. The summed E-state index contributed by atoms with van der Waals surface area (Å²) in [5.41, 5.74) is 4.61. The van der Waals surface area contributed by atoms with Crippen LogP contribution in [0.15, 0.2) is 60.7 Å². The maximum Gasteiger partial charge on any atom is 0.238 e. The molecule has 0 saturated heterocycles. The van der Waals surface area contributed by atoms with E-state index in [1.54, 1.807) is 29.5 Å². The normalized spacial score (nSPS) is 12.0. The van der Waals surface area contributed by atoms with Crippen LogP contribution < -0.4 is 15.4 Å². The first-order chi connectivity index (χ1) is 16.0. The molecule has 3 N–H and O–H groups in total. The Morgan fingerprint density at radius 3 is 2.67 bits per heavy atom. The number of hydrogen-bond donors (Lipinski definition) is 3. The van der Waals surface area contributed by atoms with E-state index in [-0.39, 0.29) is 19.1 Å². The van der Waals surface area contributed by atoms with E-state index in [0.717, 1.165) is 26.4 Å². The molecule has 33 heavy (non-hydrogen) atoms. The van der Waals surface area contributed by atoms with Crippen LogP contribution >= 0.6 is 22.9 Å². The van der Waals surface area contributed by atoms with Gasteiger partial charge >= 0.3 is 0 Å². The second-order valence-electron chi connectivity index (χ2n) is 7.62. The van der Waals surface area contributed by atoms with Gasteiger partial charge in [-0.15, -0.1) is 11.3 Å². The van der Waals surface area contributed by atoms with Crippen LogP contribution in [0.1, 0.15) is 17.2 Å². The molecule has 3 aromatic carbocycles. The zero-order valence-electron chi connectivity index (χ0n) is 18.3. The number of aromatic nitrogens is 1. The molecule has 1 atom stereocenters. The van der Waals surface area contributed by atoms with Gasteiger partial charge in [-0.1, -0.05) is 23.7 Å². The lowest BCUT2D eigenvalue weighted by Crippen LogP contribution is -2.33. The molecule has 4 aromatic rings. The van der Waals surface area contributed by atoms with Crippen molar-refractivity contribution < 1.29 is 14.6 Å². The highest BCUT2D eigenvalue weighted by Crippen LogP contribution is 2.31. The number of aryl methyl sites for hydroxylation is 1. The van der Waals surface area contributed by atoms with E-state index in [4.69, 9.17) is 21.3 Å². The molecule has 1 heterocycles. The molecule has 0 aliphatic carbocycles. The van der Waals surface area contributed by atoms with Crippen LogP contribution in [0.5, 0.6) is 5.75 Å². The fourth-order valence-corrected chi connectivity index (χ4v) is 4.75. The number of carbonyl (C=O) groups excluding carboxylic acids is 1. The lowest BCUT2D eigenvalue weighted by atomic mass is 10.1. The molecule has 0 saturated carbocycles. The number of nitrogens with zero attached hydrogens (tertiary/aromatic N) is 1. The monoisotopic (exact) mass is 481 g/mol. The van der Waals surface area contributed by atoms with Gasteiger partial charge in [-0.25, -0.2) is 4.98 Å². The van der Waals surface area contributed by atoms with E-state index < -0.39 is 6.04 Å². The van der Waals surface area contributed by atoms with Crippen molar-refractivity contribution in [3.63, 3.8) is 0 Å². The average molecular weight is 482 g/mol. The Kier molecular flexibility index (Phi) is 7.25. The maximum absolute atomic E-state index is 12.5. The number of aliphatic hydroxyl groups excluding tert-OH is 1. The fourth-order valence-electron chi connectivity index (χ4n) is 3.52. The van der Waals surface area contributed by atoms with Crippen molar-refractivity contribution in [2.24, 2.45) is 0 Å². The summed E-state index contributed by atoms with van der Waals surface area (Å²) in [7, 11) is 1.54. The lowest BCUT2D eigenvalue weighted by molar-refractivity contribution is -0.115. The largest absolute Gasteiger partial charge is 0.496 e. The third kappa shape index (κ3) is 5.51. The maximum atomic E-state index is 12.5. The van der Waals surface area contributed by atoms with Gasteiger partial charge < -0.3 is 15.2 Å². The molecule has 0 bridgehead atoms. The molecular weight excluding hydrogens is 458 g/mol. The molecule has 0 aliphatic heterocycles. The van der Waals surface area contributed by atoms with Crippen LogP contribution in [0.3, 0.4) is 0 Å². The lowest BCUT2D eigenvalue weighted by Gasteiger charge is -2.19. The molecule has 1 unspecified atom stereocenters. The number of thiazole rings is 1. The summed E-state index contributed by atoms with van der Waals surface area (Å²) in [6, 6.07) is 18.5. The van der Waals surface area contributed by atoms with E-state index in [1.165, 1.54) is 12.7 Å². The van der Waals surface area contributed by atoms with Crippen molar-refractivity contribution in [2.45, 2.75) is 13.0 Å². The van der Waals surface area contributed by atoms with Gasteiger partial charge in [-0.05, 0) is 61.0 Å². The van der Waals surface area contributed by atoms with Gasteiger partial charge in [0.15, 0.2) is 0 Å². The summed E-state index contributed by atoms with van der Waals surface area (Å²) < 4.78 is 6.50. The predicted molar refractivity (Wildman–Crippen MR) is 134 cm³/mol. The van der Waals surface area contributed by atoms with Gasteiger partial charge in [0, 0.05) is 21.8 Å². The summed E-state index contributed by atoms with van der Waals surface area (Å²) in [5, 5.41) is 17.2. The molecule has 0 fully saturated rings. The molecule has 4 rings (SSSR count). The predicted octanol–water partition coefficient (Wildman–Crippen LogP) is 5.20. The summed E-state index contributed by atoms with van der Waals surface area (Å²) >= 11 is 7.66. The molecule has 0 spiro atoms. The number of halogens is 1. The highest BCUT2D eigenvalue weighted by atomic mass is 35.5. The van der Waals surface area contributed by atoms with Crippen molar-refractivity contribution >= 4 is 44.7 Å². The Hall–Kier alpha value is -2.97. The first-order valence-electron chi connectivity index (χ1n) is 10.4. The smallest absolute Gasteiger partial charge is 0.238 e. The van der Waals surface area contributed by atoms with Crippen molar-refractivity contribution in [2.75, 3.05) is 25.6 Å². The number of amides is 1. The summed E-state index contributed by atoms with van der Waals surface area (Å²) in [4.78, 5) is 17.2. The topological polar surface area (TPSA) is 83.5 Å². The van der Waals surface area contributed by atoms with E-state index in [0.29, 0.717) is 16.5 Å². The van der Waals surface area contributed by atoms with Crippen LogP contribution in [0, 0.1) is 6.92 Å². The minimum atomic E-state index is -0.465. The van der Waals surface area contributed by atoms with Crippen LogP contribution in [0.4, 0.5) is 5.69 Å². The number of anilines is 1. The minimum Gasteiger partial charge on any atom is -0.496 e. The van der Waals surface area contributed by atoms with Gasteiger partial charge in [0.2, 0.25) is 5.91 Å². The number of fused-ring (bicyclic) bond motifs is 1. The van der Waals surface area contributed by atoms with Gasteiger partial charge in [-0.3, -0.25) is 10.1 Å².